The number of nitrogens with zero attached hydrogens (tertiary/aromatic N) is 2. The molecule has 3 heterocycles. The molecule has 4 heteroatoms. The van der Waals surface area contributed by atoms with E-state index in [1.165, 1.54) is 49.7 Å². The van der Waals surface area contributed by atoms with Crippen molar-refractivity contribution in [2.45, 2.75) is 44.6 Å². The highest BCUT2D eigenvalue weighted by Gasteiger charge is 2.58. The second kappa shape index (κ2) is 15.0. The number of anilines is 5. The van der Waals surface area contributed by atoms with E-state index in [1.807, 2.05) is 0 Å². The van der Waals surface area contributed by atoms with Crippen LogP contribution < -0.4 is 9.80 Å². The number of allylic oxidation sites excluding steroid dienone is 3. The highest BCUT2D eigenvalue weighted by molar-refractivity contribution is 6.13. The van der Waals surface area contributed by atoms with Crippen LogP contribution in [-0.2, 0) is 11.0 Å². The highest BCUT2D eigenvalue weighted by Crippen LogP contribution is 2.66. The molecule has 3 aliphatic rings. The van der Waals surface area contributed by atoms with Crippen LogP contribution in [0.5, 0.6) is 0 Å². The minimum absolute atomic E-state index is 0.249. The third-order valence-corrected chi connectivity index (χ3v) is 16.8. The Hall–Kier alpha value is -8.60. The summed E-state index contributed by atoms with van der Waals surface area (Å²) in [4.78, 5) is 5.10. The lowest BCUT2D eigenvalue weighted by Gasteiger charge is -2.60. The summed E-state index contributed by atoms with van der Waals surface area (Å²) in [7, 11) is 0. The number of furan rings is 2. The lowest BCUT2D eigenvalue weighted by atomic mass is 9.52. The number of fused-ring (bicyclic) bond motifs is 12. The molecule has 12 aromatic rings. The minimum Gasteiger partial charge on any atom is -0.454 e. The fourth-order valence-electron chi connectivity index (χ4n) is 13.6. The van der Waals surface area contributed by atoms with Crippen molar-refractivity contribution in [1.29, 1.82) is 0 Å². The van der Waals surface area contributed by atoms with Crippen molar-refractivity contribution in [2.24, 2.45) is 5.92 Å². The summed E-state index contributed by atoms with van der Waals surface area (Å²) < 4.78 is 13.9. The molecule has 0 bridgehead atoms. The van der Waals surface area contributed by atoms with E-state index in [2.05, 4.69) is 256 Å². The summed E-state index contributed by atoms with van der Waals surface area (Å²) in [5.41, 5.74) is 17.1. The highest BCUT2D eigenvalue weighted by atomic mass is 16.3. The van der Waals surface area contributed by atoms with E-state index in [9.17, 15) is 0 Å². The molecule has 4 unspecified atom stereocenters. The SMILES string of the molecule is CC1C=CC2(C)C3=C1C(C)c1ccccc1C3(C)N(c1cccc3c1oc1ccccc13)c1cc3cc(N(c4ccc5ccccc5c4)c4cccc5c4oc4ccccc45)c(-c4ccccc4)cc3cc12. The standard InChI is InChI=1S/C68H50N2O2/c1-41-34-35-67(3)56-38-46-37-54(44-19-6-5-7-20-44)59(69(48-33-32-43-18-8-9-21-45(43)36-48)57-28-16-25-52-50-23-11-14-30-61(50)71-64(52)57)39-47(46)40-60(56)70(58-29-17-26-53-51-24-12-15-31-62(51)72-65(53)58)68(4)55-27-13-10-22-49(55)42(2)63(41)66(67)68/h5-42H,1-4H3. The van der Waals surface area contributed by atoms with Crippen molar-refractivity contribution >= 4 is 93.9 Å². The normalized spacial score (nSPS) is 20.2. The van der Waals surface area contributed by atoms with Gasteiger partial charge in [-0.3, -0.25) is 0 Å². The predicted molar refractivity (Wildman–Crippen MR) is 300 cm³/mol. The molecule has 0 N–H and O–H groups in total. The minimum atomic E-state index is -0.582. The van der Waals surface area contributed by atoms with Crippen LogP contribution in [0.3, 0.4) is 0 Å². The Labute approximate surface area is 418 Å². The van der Waals surface area contributed by atoms with Gasteiger partial charge in [0, 0.05) is 49.8 Å². The van der Waals surface area contributed by atoms with Crippen molar-refractivity contribution in [3.05, 3.63) is 246 Å². The fourth-order valence-corrected chi connectivity index (χ4v) is 13.6. The van der Waals surface area contributed by atoms with Crippen molar-refractivity contribution in [2.75, 3.05) is 9.80 Å². The van der Waals surface area contributed by atoms with E-state index < -0.39 is 11.0 Å². The van der Waals surface area contributed by atoms with E-state index >= 15 is 0 Å². The molecule has 0 spiro atoms. The van der Waals surface area contributed by atoms with Gasteiger partial charge < -0.3 is 18.6 Å². The van der Waals surface area contributed by atoms with Gasteiger partial charge in [0.15, 0.2) is 11.2 Å². The maximum absolute atomic E-state index is 7.03. The molecule has 0 amide bonds. The van der Waals surface area contributed by atoms with E-state index in [1.54, 1.807) is 0 Å². The van der Waals surface area contributed by atoms with Gasteiger partial charge in [-0.25, -0.2) is 0 Å². The Morgan fingerprint density at radius 3 is 1.94 bits per heavy atom. The number of hydrogen-bond acceptors (Lipinski definition) is 4. The second-order valence-corrected chi connectivity index (χ2v) is 20.7. The first-order chi connectivity index (χ1) is 35.3. The second-order valence-electron chi connectivity index (χ2n) is 20.7. The summed E-state index contributed by atoms with van der Waals surface area (Å²) in [6.07, 6.45) is 5.01. The molecule has 10 aromatic carbocycles. The van der Waals surface area contributed by atoms with Crippen LogP contribution in [0.2, 0.25) is 0 Å². The molecule has 344 valence electrons. The summed E-state index contributed by atoms with van der Waals surface area (Å²) in [5, 5.41) is 9.11. The molecule has 1 aliphatic heterocycles. The molecule has 4 atom stereocenters. The molecule has 0 saturated carbocycles. The van der Waals surface area contributed by atoms with E-state index in [4.69, 9.17) is 8.83 Å². The first kappa shape index (κ1) is 41.2. The van der Waals surface area contributed by atoms with Gasteiger partial charge in [-0.15, -0.1) is 0 Å². The first-order valence-electron chi connectivity index (χ1n) is 25.4. The molecule has 72 heavy (non-hydrogen) atoms. The first-order valence-corrected chi connectivity index (χ1v) is 25.4. The van der Waals surface area contributed by atoms with E-state index in [0.29, 0.717) is 0 Å². The van der Waals surface area contributed by atoms with Crippen LogP contribution in [0.15, 0.2) is 238 Å². The lowest BCUT2D eigenvalue weighted by molar-refractivity contribution is 0.412. The Morgan fingerprint density at radius 2 is 1.14 bits per heavy atom. The lowest BCUT2D eigenvalue weighted by Crippen LogP contribution is -2.56. The van der Waals surface area contributed by atoms with Gasteiger partial charge in [-0.2, -0.15) is 0 Å². The zero-order valence-corrected chi connectivity index (χ0v) is 40.7. The maximum atomic E-state index is 7.03. The van der Waals surface area contributed by atoms with Gasteiger partial charge in [0.25, 0.3) is 0 Å². The van der Waals surface area contributed by atoms with E-state index in [0.717, 1.165) is 83.1 Å². The third-order valence-electron chi connectivity index (χ3n) is 16.8. The van der Waals surface area contributed by atoms with Crippen LogP contribution in [-0.4, -0.2) is 0 Å². The van der Waals surface area contributed by atoms with Crippen molar-refractivity contribution in [1.82, 2.24) is 0 Å². The monoisotopic (exact) mass is 926 g/mol. The van der Waals surface area contributed by atoms with Gasteiger partial charge in [0.2, 0.25) is 0 Å². The molecule has 0 saturated heterocycles. The predicted octanol–water partition coefficient (Wildman–Crippen LogP) is 18.9. The zero-order valence-electron chi connectivity index (χ0n) is 40.7. The number of para-hydroxylation sites is 4. The van der Waals surface area contributed by atoms with Gasteiger partial charge in [0.05, 0.1) is 22.6 Å². The smallest absolute Gasteiger partial charge is 0.159 e. The average Bonchev–Trinajstić information content (AvgIpc) is 4.00. The van der Waals surface area contributed by atoms with E-state index in [-0.39, 0.29) is 11.8 Å². The molecule has 0 radical (unpaired) electrons. The summed E-state index contributed by atoms with van der Waals surface area (Å²) in [5.74, 6) is 0.519. The summed E-state index contributed by atoms with van der Waals surface area (Å²) >= 11 is 0. The molecule has 2 aromatic heterocycles. The Morgan fingerprint density at radius 1 is 0.486 bits per heavy atom. The topological polar surface area (TPSA) is 32.8 Å². The Kier molecular flexibility index (Phi) is 8.56. The quantitative estimate of drug-likeness (QED) is 0.161. The van der Waals surface area contributed by atoms with Gasteiger partial charge in [-0.05, 0) is 130 Å². The van der Waals surface area contributed by atoms with Crippen LogP contribution in [0, 0.1) is 5.92 Å². The van der Waals surface area contributed by atoms with Gasteiger partial charge >= 0.3 is 0 Å². The van der Waals surface area contributed by atoms with Gasteiger partial charge in [-0.1, -0.05) is 177 Å². The number of rotatable bonds is 5. The summed E-state index contributed by atoms with van der Waals surface area (Å²) in [6.45, 7) is 9.79. The maximum Gasteiger partial charge on any atom is 0.159 e. The molecular weight excluding hydrogens is 877 g/mol. The van der Waals surface area contributed by atoms with Crippen molar-refractivity contribution in [3.63, 3.8) is 0 Å². The zero-order chi connectivity index (χ0) is 48.0. The van der Waals surface area contributed by atoms with Gasteiger partial charge in [0.1, 0.15) is 11.2 Å². The van der Waals surface area contributed by atoms with Crippen LogP contribution in [0.25, 0.3) is 76.5 Å². The van der Waals surface area contributed by atoms with Crippen LogP contribution in [0.4, 0.5) is 28.4 Å². The largest absolute Gasteiger partial charge is 0.454 e. The Bertz CT molecular complexity index is 4320. The molecule has 2 aliphatic carbocycles. The van der Waals surface area contributed by atoms with Crippen molar-refractivity contribution < 1.29 is 8.83 Å². The Balaban J connectivity index is 1.07. The fraction of sp³-hybridized carbons (Fsp3) is 0.118. The average molecular weight is 927 g/mol. The molecule has 15 rings (SSSR count). The van der Waals surface area contributed by atoms with Crippen molar-refractivity contribution in [3.8, 4) is 11.1 Å². The number of benzene rings is 10. The van der Waals surface area contributed by atoms with Crippen LogP contribution in [0.1, 0.15) is 50.3 Å². The third kappa shape index (κ3) is 5.58. The van der Waals surface area contributed by atoms with Crippen LogP contribution >= 0.6 is 0 Å². The molecule has 4 nitrogen and oxygen atoms in total. The molecule has 0 fully saturated rings. The number of hydrogen-bond donors (Lipinski definition) is 0. The molecular formula is C68H50N2O2. The summed E-state index contributed by atoms with van der Waals surface area (Å²) in [6, 6.07) is 75.6.